The predicted molar refractivity (Wildman–Crippen MR) is 79.5 cm³/mol. The summed E-state index contributed by atoms with van der Waals surface area (Å²) >= 11 is 0. The van der Waals surface area contributed by atoms with Crippen molar-refractivity contribution >= 4 is 5.91 Å². The summed E-state index contributed by atoms with van der Waals surface area (Å²) in [5, 5.41) is 0. The molecule has 0 fully saturated rings. The van der Waals surface area contributed by atoms with Crippen LogP contribution < -0.4 is 5.73 Å². The van der Waals surface area contributed by atoms with Gasteiger partial charge in [0.25, 0.3) is 0 Å². The number of carbonyl (C=O) groups excluding carboxylic acids is 1. The number of benzene rings is 1. The third kappa shape index (κ3) is 5.70. The first-order valence-corrected chi connectivity index (χ1v) is 7.15. The standard InChI is InChI=1S/C16H25FN2O/c1-12(6-4-7-13(2)18)16(20)19(3)11-14-8-5-9-15(17)10-14/h5,8-10,12-13H,4,6-7,11,18H2,1-3H3. The quantitative estimate of drug-likeness (QED) is 0.834. The van der Waals surface area contributed by atoms with Crippen LogP contribution in [-0.4, -0.2) is 23.9 Å². The monoisotopic (exact) mass is 280 g/mol. The van der Waals surface area contributed by atoms with Crippen molar-refractivity contribution in [3.63, 3.8) is 0 Å². The van der Waals surface area contributed by atoms with E-state index < -0.39 is 0 Å². The molecule has 0 spiro atoms. The van der Waals surface area contributed by atoms with Crippen LogP contribution in [0.1, 0.15) is 38.7 Å². The van der Waals surface area contributed by atoms with Gasteiger partial charge in [-0.25, -0.2) is 4.39 Å². The molecule has 2 atom stereocenters. The molecule has 1 amide bonds. The van der Waals surface area contributed by atoms with E-state index in [9.17, 15) is 9.18 Å². The highest BCUT2D eigenvalue weighted by Gasteiger charge is 2.17. The predicted octanol–water partition coefficient (Wildman–Crippen LogP) is 2.94. The van der Waals surface area contributed by atoms with Gasteiger partial charge < -0.3 is 10.6 Å². The zero-order chi connectivity index (χ0) is 15.1. The van der Waals surface area contributed by atoms with Gasteiger partial charge in [-0.2, -0.15) is 0 Å². The third-order valence-corrected chi connectivity index (χ3v) is 3.40. The summed E-state index contributed by atoms with van der Waals surface area (Å²) in [5.74, 6) is -0.195. The first-order valence-electron chi connectivity index (χ1n) is 7.15. The van der Waals surface area contributed by atoms with Crippen LogP contribution >= 0.6 is 0 Å². The SMILES string of the molecule is CC(N)CCCC(C)C(=O)N(C)Cc1cccc(F)c1. The maximum absolute atomic E-state index is 13.1. The fraction of sp³-hybridized carbons (Fsp3) is 0.562. The Balaban J connectivity index is 2.45. The molecule has 0 aliphatic heterocycles. The van der Waals surface area contributed by atoms with E-state index >= 15 is 0 Å². The molecule has 20 heavy (non-hydrogen) atoms. The summed E-state index contributed by atoms with van der Waals surface area (Å²) in [5.41, 5.74) is 6.51. The fourth-order valence-electron chi connectivity index (χ4n) is 2.23. The van der Waals surface area contributed by atoms with Gasteiger partial charge in [0.1, 0.15) is 5.82 Å². The van der Waals surface area contributed by atoms with Gasteiger partial charge >= 0.3 is 0 Å². The first kappa shape index (κ1) is 16.6. The lowest BCUT2D eigenvalue weighted by molar-refractivity contribution is -0.134. The molecule has 0 bridgehead atoms. The van der Waals surface area contributed by atoms with E-state index in [4.69, 9.17) is 5.73 Å². The Morgan fingerprint density at radius 1 is 1.35 bits per heavy atom. The third-order valence-electron chi connectivity index (χ3n) is 3.40. The molecule has 2 N–H and O–H groups in total. The molecule has 0 radical (unpaired) electrons. The molecule has 1 aromatic carbocycles. The van der Waals surface area contributed by atoms with Gasteiger partial charge in [-0.15, -0.1) is 0 Å². The minimum absolute atomic E-state index is 0.0210. The molecule has 1 aromatic rings. The minimum Gasteiger partial charge on any atom is -0.341 e. The number of rotatable bonds is 7. The van der Waals surface area contributed by atoms with Crippen LogP contribution in [0.3, 0.4) is 0 Å². The van der Waals surface area contributed by atoms with Gasteiger partial charge in [0.05, 0.1) is 0 Å². The Kier molecular flexibility index (Phi) is 6.65. The Bertz CT molecular complexity index is 434. The van der Waals surface area contributed by atoms with E-state index in [1.54, 1.807) is 18.0 Å². The second-order valence-corrected chi connectivity index (χ2v) is 5.63. The number of carbonyl (C=O) groups is 1. The average Bonchev–Trinajstić information content (AvgIpc) is 2.37. The van der Waals surface area contributed by atoms with Gasteiger partial charge in [0.15, 0.2) is 0 Å². The number of nitrogens with two attached hydrogens (primary N) is 1. The molecule has 0 saturated carbocycles. The van der Waals surface area contributed by atoms with Gasteiger partial charge in [-0.3, -0.25) is 4.79 Å². The summed E-state index contributed by atoms with van der Waals surface area (Å²) in [7, 11) is 1.76. The van der Waals surface area contributed by atoms with Crippen molar-refractivity contribution in [2.75, 3.05) is 7.05 Å². The van der Waals surface area contributed by atoms with E-state index in [1.165, 1.54) is 12.1 Å². The van der Waals surface area contributed by atoms with Gasteiger partial charge in [0.2, 0.25) is 5.91 Å². The number of halogens is 1. The maximum atomic E-state index is 13.1. The molecule has 2 unspecified atom stereocenters. The van der Waals surface area contributed by atoms with Gasteiger partial charge in [-0.1, -0.05) is 25.5 Å². The van der Waals surface area contributed by atoms with Crippen molar-refractivity contribution in [3.8, 4) is 0 Å². The molecule has 0 saturated heterocycles. The maximum Gasteiger partial charge on any atom is 0.225 e. The van der Waals surface area contributed by atoms with Crippen molar-refractivity contribution < 1.29 is 9.18 Å². The molecular formula is C16H25FN2O. The smallest absolute Gasteiger partial charge is 0.225 e. The van der Waals surface area contributed by atoms with E-state index in [0.717, 1.165) is 24.8 Å². The Morgan fingerprint density at radius 2 is 2.05 bits per heavy atom. The Labute approximate surface area is 121 Å². The lowest BCUT2D eigenvalue weighted by atomic mass is 10.0. The number of amides is 1. The average molecular weight is 280 g/mol. The summed E-state index contributed by atoms with van der Waals surface area (Å²) < 4.78 is 13.1. The molecule has 0 aliphatic rings. The van der Waals surface area contributed by atoms with Gasteiger partial charge in [-0.05, 0) is 37.5 Å². The molecule has 4 heteroatoms. The molecule has 112 valence electrons. The zero-order valence-electron chi connectivity index (χ0n) is 12.6. The van der Waals surface area contributed by atoms with Crippen LogP contribution in [0.2, 0.25) is 0 Å². The fourth-order valence-corrected chi connectivity index (χ4v) is 2.23. The molecule has 0 aliphatic carbocycles. The van der Waals surface area contributed by atoms with Crippen molar-refractivity contribution in [1.29, 1.82) is 0 Å². The minimum atomic E-state index is -0.270. The lowest BCUT2D eigenvalue weighted by Crippen LogP contribution is -2.31. The second kappa shape index (κ2) is 8.00. The van der Waals surface area contributed by atoms with Crippen molar-refractivity contribution in [2.24, 2.45) is 11.7 Å². The highest BCUT2D eigenvalue weighted by atomic mass is 19.1. The van der Waals surface area contributed by atoms with Crippen LogP contribution in [0.4, 0.5) is 4.39 Å². The van der Waals surface area contributed by atoms with E-state index in [-0.39, 0.29) is 23.7 Å². The summed E-state index contributed by atoms with van der Waals surface area (Å²) in [6.45, 7) is 4.35. The highest BCUT2D eigenvalue weighted by Crippen LogP contribution is 2.14. The molecule has 0 aromatic heterocycles. The van der Waals surface area contributed by atoms with E-state index in [0.29, 0.717) is 6.54 Å². The highest BCUT2D eigenvalue weighted by molar-refractivity contribution is 5.78. The second-order valence-electron chi connectivity index (χ2n) is 5.63. The van der Waals surface area contributed by atoms with E-state index in [1.807, 2.05) is 19.9 Å². The van der Waals surface area contributed by atoms with Crippen LogP contribution in [0, 0.1) is 11.7 Å². The molecule has 1 rings (SSSR count). The van der Waals surface area contributed by atoms with Crippen LogP contribution in [0.15, 0.2) is 24.3 Å². The Hall–Kier alpha value is -1.42. The van der Waals surface area contributed by atoms with Crippen molar-refractivity contribution in [2.45, 2.75) is 45.7 Å². The topological polar surface area (TPSA) is 46.3 Å². The van der Waals surface area contributed by atoms with Crippen LogP contribution in [0.5, 0.6) is 0 Å². The van der Waals surface area contributed by atoms with Crippen LogP contribution in [0.25, 0.3) is 0 Å². The number of nitrogens with zero attached hydrogens (tertiary/aromatic N) is 1. The number of hydrogen-bond acceptors (Lipinski definition) is 2. The van der Waals surface area contributed by atoms with Crippen molar-refractivity contribution in [3.05, 3.63) is 35.6 Å². The number of hydrogen-bond donors (Lipinski definition) is 1. The largest absolute Gasteiger partial charge is 0.341 e. The summed E-state index contributed by atoms with van der Waals surface area (Å²) in [6, 6.07) is 6.54. The zero-order valence-corrected chi connectivity index (χ0v) is 12.6. The van der Waals surface area contributed by atoms with E-state index in [2.05, 4.69) is 0 Å². The lowest BCUT2D eigenvalue weighted by Gasteiger charge is -2.21. The molecule has 3 nitrogen and oxygen atoms in total. The Morgan fingerprint density at radius 3 is 2.65 bits per heavy atom. The normalized spacial score (nSPS) is 13.8. The summed E-state index contributed by atoms with van der Waals surface area (Å²) in [6.07, 6.45) is 2.73. The van der Waals surface area contributed by atoms with Crippen LogP contribution in [-0.2, 0) is 11.3 Å². The van der Waals surface area contributed by atoms with Gasteiger partial charge in [0, 0.05) is 25.6 Å². The first-order chi connectivity index (χ1) is 9.40. The molecular weight excluding hydrogens is 255 g/mol. The molecule has 0 heterocycles. The summed E-state index contributed by atoms with van der Waals surface area (Å²) in [4.78, 5) is 13.9. The van der Waals surface area contributed by atoms with Crippen molar-refractivity contribution in [1.82, 2.24) is 4.90 Å².